The highest BCUT2D eigenvalue weighted by Gasteiger charge is 2.26. The van der Waals surface area contributed by atoms with Crippen LogP contribution in [-0.4, -0.2) is 12.5 Å². The molecule has 1 aliphatic carbocycles. The third-order valence-electron chi connectivity index (χ3n) is 3.15. The number of aryl methyl sites for hydroxylation is 2. The number of rotatable bonds is 1. The summed E-state index contributed by atoms with van der Waals surface area (Å²) in [5.74, 6) is 0.668. The van der Waals surface area contributed by atoms with Crippen molar-refractivity contribution < 1.29 is 4.79 Å². The summed E-state index contributed by atoms with van der Waals surface area (Å²) in [5, 5.41) is 2.90. The highest BCUT2D eigenvalue weighted by atomic mass is 32.1. The zero-order valence-electron chi connectivity index (χ0n) is 8.01. The Bertz CT molecular complexity index is 361. The van der Waals surface area contributed by atoms with Gasteiger partial charge in [0.15, 0.2) is 0 Å². The van der Waals surface area contributed by atoms with E-state index in [-0.39, 0.29) is 5.91 Å². The Morgan fingerprint density at radius 1 is 1.43 bits per heavy atom. The molecule has 2 aliphatic rings. The average molecular weight is 207 g/mol. The summed E-state index contributed by atoms with van der Waals surface area (Å²) in [6.45, 7) is 0.845. The van der Waals surface area contributed by atoms with Gasteiger partial charge >= 0.3 is 0 Å². The summed E-state index contributed by atoms with van der Waals surface area (Å²) >= 11 is 1.93. The average Bonchev–Trinajstić information content (AvgIpc) is 2.75. The van der Waals surface area contributed by atoms with Crippen LogP contribution in [0.1, 0.15) is 34.1 Å². The largest absolute Gasteiger partial charge is 0.355 e. The van der Waals surface area contributed by atoms with Gasteiger partial charge in [-0.2, -0.15) is 0 Å². The van der Waals surface area contributed by atoms with E-state index in [1.807, 2.05) is 11.3 Å². The zero-order chi connectivity index (χ0) is 9.54. The maximum Gasteiger partial charge on any atom is 0.220 e. The van der Waals surface area contributed by atoms with E-state index in [1.165, 1.54) is 24.1 Å². The van der Waals surface area contributed by atoms with Crippen LogP contribution in [0.5, 0.6) is 0 Å². The Morgan fingerprint density at radius 3 is 3.07 bits per heavy atom. The van der Waals surface area contributed by atoms with Crippen LogP contribution in [0, 0.1) is 0 Å². The van der Waals surface area contributed by atoms with Gasteiger partial charge in [-0.05, 0) is 30.9 Å². The Balaban J connectivity index is 1.87. The fourth-order valence-electron chi connectivity index (χ4n) is 2.36. The van der Waals surface area contributed by atoms with Crippen LogP contribution < -0.4 is 5.32 Å². The summed E-state index contributed by atoms with van der Waals surface area (Å²) in [7, 11) is 0. The van der Waals surface area contributed by atoms with Crippen molar-refractivity contribution in [2.24, 2.45) is 0 Å². The van der Waals surface area contributed by atoms with Crippen LogP contribution in [0.3, 0.4) is 0 Å². The third-order valence-corrected chi connectivity index (χ3v) is 4.55. The molecule has 3 heteroatoms. The van der Waals surface area contributed by atoms with Gasteiger partial charge in [0.25, 0.3) is 0 Å². The molecule has 1 aromatic rings. The van der Waals surface area contributed by atoms with Crippen molar-refractivity contribution in [3.8, 4) is 0 Å². The van der Waals surface area contributed by atoms with E-state index in [4.69, 9.17) is 0 Å². The van der Waals surface area contributed by atoms with E-state index in [0.717, 1.165) is 6.54 Å². The number of carbonyl (C=O) groups is 1. The van der Waals surface area contributed by atoms with Crippen LogP contribution in [0.25, 0.3) is 0 Å². The molecule has 1 unspecified atom stereocenters. The lowest BCUT2D eigenvalue weighted by molar-refractivity contribution is -0.119. The van der Waals surface area contributed by atoms with Crippen LogP contribution in [0.15, 0.2) is 6.07 Å². The van der Waals surface area contributed by atoms with Crippen molar-refractivity contribution in [3.63, 3.8) is 0 Å². The fraction of sp³-hybridized carbons (Fsp3) is 0.545. The van der Waals surface area contributed by atoms with Crippen molar-refractivity contribution in [2.75, 3.05) is 6.54 Å². The molecule has 0 bridgehead atoms. The van der Waals surface area contributed by atoms with Crippen molar-refractivity contribution in [1.29, 1.82) is 0 Å². The van der Waals surface area contributed by atoms with E-state index in [0.29, 0.717) is 12.3 Å². The molecule has 1 aliphatic heterocycles. The number of amides is 1. The van der Waals surface area contributed by atoms with Crippen molar-refractivity contribution in [2.45, 2.75) is 31.6 Å². The van der Waals surface area contributed by atoms with Crippen molar-refractivity contribution >= 4 is 17.2 Å². The third kappa shape index (κ3) is 1.27. The second-order valence-electron chi connectivity index (χ2n) is 4.16. The molecule has 74 valence electrons. The molecular formula is C11H13NOS. The molecule has 14 heavy (non-hydrogen) atoms. The van der Waals surface area contributed by atoms with Crippen LogP contribution in [0.4, 0.5) is 0 Å². The quantitative estimate of drug-likeness (QED) is 0.748. The molecule has 1 N–H and O–H groups in total. The van der Waals surface area contributed by atoms with Gasteiger partial charge in [-0.25, -0.2) is 0 Å². The minimum Gasteiger partial charge on any atom is -0.355 e. The molecule has 0 aromatic carbocycles. The van der Waals surface area contributed by atoms with Gasteiger partial charge in [0.05, 0.1) is 0 Å². The number of carbonyl (C=O) groups excluding carboxylic acids is 1. The second kappa shape index (κ2) is 3.09. The number of nitrogens with one attached hydrogen (secondary N) is 1. The molecule has 1 aromatic heterocycles. The second-order valence-corrected chi connectivity index (χ2v) is 5.32. The normalized spacial score (nSPS) is 25.1. The Hall–Kier alpha value is -0.830. The molecule has 1 saturated heterocycles. The number of hydrogen-bond donors (Lipinski definition) is 1. The SMILES string of the molecule is O=C1CC(c2cc3c(s2)CCC3)CN1. The highest BCUT2D eigenvalue weighted by molar-refractivity contribution is 7.12. The molecule has 0 saturated carbocycles. The van der Waals surface area contributed by atoms with Gasteiger partial charge < -0.3 is 5.32 Å². The predicted molar refractivity (Wildman–Crippen MR) is 56.7 cm³/mol. The number of thiophene rings is 1. The monoisotopic (exact) mass is 207 g/mol. The molecule has 3 rings (SSSR count). The fourth-order valence-corrected chi connectivity index (χ4v) is 3.72. The van der Waals surface area contributed by atoms with E-state index < -0.39 is 0 Å². The van der Waals surface area contributed by atoms with Gasteiger partial charge in [-0.3, -0.25) is 4.79 Å². The summed E-state index contributed by atoms with van der Waals surface area (Å²) in [6.07, 6.45) is 4.52. The van der Waals surface area contributed by atoms with Gasteiger partial charge in [0, 0.05) is 28.6 Å². The first-order chi connectivity index (χ1) is 6.83. The van der Waals surface area contributed by atoms with Crippen LogP contribution in [-0.2, 0) is 17.6 Å². The first-order valence-electron chi connectivity index (χ1n) is 5.21. The number of fused-ring (bicyclic) bond motifs is 1. The molecular weight excluding hydrogens is 194 g/mol. The van der Waals surface area contributed by atoms with Gasteiger partial charge in [-0.15, -0.1) is 11.3 Å². The molecule has 1 amide bonds. The molecule has 1 fully saturated rings. The highest BCUT2D eigenvalue weighted by Crippen LogP contribution is 2.36. The summed E-state index contributed by atoms with van der Waals surface area (Å²) in [6, 6.07) is 2.33. The minimum absolute atomic E-state index is 0.212. The lowest BCUT2D eigenvalue weighted by atomic mass is 10.1. The first-order valence-corrected chi connectivity index (χ1v) is 6.03. The Labute approximate surface area is 87.3 Å². The lowest BCUT2D eigenvalue weighted by Gasteiger charge is -2.02. The standard InChI is InChI=1S/C11H13NOS/c13-11-5-8(6-12-11)10-4-7-2-1-3-9(7)14-10/h4,8H,1-3,5-6H2,(H,12,13). The van der Waals surface area contributed by atoms with E-state index in [1.54, 1.807) is 10.4 Å². The predicted octanol–water partition coefficient (Wildman–Crippen LogP) is 1.84. The topological polar surface area (TPSA) is 29.1 Å². The van der Waals surface area contributed by atoms with Crippen LogP contribution >= 0.6 is 11.3 Å². The maximum absolute atomic E-state index is 11.1. The van der Waals surface area contributed by atoms with Gasteiger partial charge in [0.2, 0.25) is 5.91 Å². The van der Waals surface area contributed by atoms with Crippen LogP contribution in [0.2, 0.25) is 0 Å². The van der Waals surface area contributed by atoms with Crippen molar-refractivity contribution in [3.05, 3.63) is 21.4 Å². The Kier molecular flexibility index (Phi) is 1.87. The smallest absolute Gasteiger partial charge is 0.220 e. The summed E-state index contributed by atoms with van der Waals surface area (Å²) in [5.41, 5.74) is 1.55. The lowest BCUT2D eigenvalue weighted by Crippen LogP contribution is -2.13. The van der Waals surface area contributed by atoms with E-state index in [9.17, 15) is 4.79 Å². The molecule has 0 radical (unpaired) electrons. The van der Waals surface area contributed by atoms with Gasteiger partial charge in [0.1, 0.15) is 0 Å². The molecule has 1 atom stereocenters. The summed E-state index contributed by atoms with van der Waals surface area (Å²) < 4.78 is 0. The maximum atomic E-state index is 11.1. The minimum atomic E-state index is 0.212. The molecule has 0 spiro atoms. The summed E-state index contributed by atoms with van der Waals surface area (Å²) in [4.78, 5) is 14.1. The first kappa shape index (κ1) is 8.48. The zero-order valence-corrected chi connectivity index (χ0v) is 8.82. The molecule has 2 heterocycles. The van der Waals surface area contributed by atoms with E-state index >= 15 is 0 Å². The Morgan fingerprint density at radius 2 is 2.36 bits per heavy atom. The van der Waals surface area contributed by atoms with Crippen molar-refractivity contribution in [1.82, 2.24) is 5.32 Å². The van der Waals surface area contributed by atoms with Gasteiger partial charge in [-0.1, -0.05) is 0 Å². The number of hydrogen-bond acceptors (Lipinski definition) is 2. The van der Waals surface area contributed by atoms with E-state index in [2.05, 4.69) is 11.4 Å². The molecule has 2 nitrogen and oxygen atoms in total.